The summed E-state index contributed by atoms with van der Waals surface area (Å²) in [4.78, 5) is 43.0. The van der Waals surface area contributed by atoms with E-state index in [1.807, 2.05) is 35.2 Å². The molecule has 2 fully saturated rings. The zero-order chi connectivity index (χ0) is 24.8. The highest BCUT2D eigenvalue weighted by Crippen LogP contribution is 2.28. The van der Waals surface area contributed by atoms with Crippen molar-refractivity contribution in [2.75, 3.05) is 49.1 Å². The molecule has 0 bridgehead atoms. The van der Waals surface area contributed by atoms with Crippen molar-refractivity contribution < 1.29 is 23.5 Å². The van der Waals surface area contributed by atoms with Gasteiger partial charge in [-0.2, -0.15) is 0 Å². The first-order valence-electron chi connectivity index (χ1n) is 11.3. The number of carbonyl (C=O) groups is 3. The van der Waals surface area contributed by atoms with Crippen LogP contribution in [0.25, 0.3) is 0 Å². The van der Waals surface area contributed by atoms with Gasteiger partial charge in [0.05, 0.1) is 31.0 Å². The fraction of sp³-hybridized carbons (Fsp3) is 0.333. The minimum atomic E-state index is -0.586. The zero-order valence-electron chi connectivity index (χ0n) is 19.3. The van der Waals surface area contributed by atoms with Gasteiger partial charge < -0.3 is 15.0 Å². The van der Waals surface area contributed by atoms with Gasteiger partial charge in [0.15, 0.2) is 0 Å². The van der Waals surface area contributed by atoms with E-state index in [0.717, 1.165) is 5.56 Å². The average Bonchev–Trinajstić information content (AvgIpc) is 3.06. The Morgan fingerprint density at radius 3 is 2.74 bits per heavy atom. The van der Waals surface area contributed by atoms with E-state index in [9.17, 15) is 14.4 Å². The van der Waals surface area contributed by atoms with Crippen molar-refractivity contribution in [2.24, 2.45) is 4.99 Å². The van der Waals surface area contributed by atoms with Crippen LogP contribution in [0.15, 0.2) is 53.5 Å². The van der Waals surface area contributed by atoms with E-state index in [-0.39, 0.29) is 19.0 Å². The van der Waals surface area contributed by atoms with E-state index < -0.39 is 24.0 Å². The number of halogens is 1. The highest BCUT2D eigenvalue weighted by molar-refractivity contribution is 5.91. The molecule has 2 heterocycles. The van der Waals surface area contributed by atoms with Crippen molar-refractivity contribution in [1.29, 1.82) is 0 Å². The molecule has 0 spiro atoms. The van der Waals surface area contributed by atoms with E-state index in [1.165, 1.54) is 29.1 Å². The molecule has 4 rings (SSSR count). The Labute approximate surface area is 202 Å². The molecular weight excluding hydrogens is 455 g/mol. The van der Waals surface area contributed by atoms with Gasteiger partial charge >= 0.3 is 12.1 Å². The summed E-state index contributed by atoms with van der Waals surface area (Å²) >= 11 is 0. The fourth-order valence-corrected chi connectivity index (χ4v) is 3.89. The number of ether oxygens (including phenoxy) is 1. The number of hydrazine groups is 1. The highest BCUT2D eigenvalue weighted by Gasteiger charge is 2.33. The van der Waals surface area contributed by atoms with Gasteiger partial charge in [-0.05, 0) is 23.8 Å². The van der Waals surface area contributed by atoms with Crippen molar-refractivity contribution in [3.63, 3.8) is 0 Å². The lowest BCUT2D eigenvalue weighted by molar-refractivity contribution is -0.119. The van der Waals surface area contributed by atoms with Crippen molar-refractivity contribution in [3.05, 3.63) is 59.9 Å². The van der Waals surface area contributed by atoms with Crippen molar-refractivity contribution >= 4 is 35.6 Å². The minimum absolute atomic E-state index is 0.198. The zero-order valence-corrected chi connectivity index (χ0v) is 19.3. The van der Waals surface area contributed by atoms with Crippen LogP contribution in [0, 0.1) is 5.82 Å². The van der Waals surface area contributed by atoms with E-state index in [1.54, 1.807) is 12.1 Å². The third-order valence-electron chi connectivity index (χ3n) is 5.67. The molecule has 2 aromatic rings. The van der Waals surface area contributed by atoms with Crippen LogP contribution in [0.3, 0.4) is 0 Å². The number of anilines is 2. The number of nitrogens with zero attached hydrogens (tertiary/aromatic N) is 4. The molecule has 2 aliphatic rings. The van der Waals surface area contributed by atoms with E-state index >= 15 is 4.39 Å². The Morgan fingerprint density at radius 2 is 2.00 bits per heavy atom. The number of carbonyl (C=O) groups excluding carboxylic acids is 3. The number of nitrogens with one attached hydrogen (secondary N) is 2. The Bertz CT molecular complexity index is 1110. The van der Waals surface area contributed by atoms with Gasteiger partial charge in [0.25, 0.3) is 0 Å². The van der Waals surface area contributed by atoms with Gasteiger partial charge in [0.2, 0.25) is 5.91 Å². The Hall–Kier alpha value is -3.99. The summed E-state index contributed by atoms with van der Waals surface area (Å²) in [5.74, 6) is -0.701. The van der Waals surface area contributed by atoms with Crippen molar-refractivity contribution in [2.45, 2.75) is 13.0 Å². The molecule has 184 valence electrons. The molecule has 0 saturated carbocycles. The predicted octanol–water partition coefficient (Wildman–Crippen LogP) is 2.15. The Balaban J connectivity index is 1.36. The van der Waals surface area contributed by atoms with Crippen molar-refractivity contribution in [1.82, 2.24) is 15.8 Å². The lowest BCUT2D eigenvalue weighted by atomic mass is 10.2. The predicted molar refractivity (Wildman–Crippen MR) is 129 cm³/mol. The fourth-order valence-electron chi connectivity index (χ4n) is 3.89. The molecular formula is C24H27FN6O4. The summed E-state index contributed by atoms with van der Waals surface area (Å²) < 4.78 is 20.3. The molecule has 2 saturated heterocycles. The van der Waals surface area contributed by atoms with Gasteiger partial charge in [0, 0.05) is 32.8 Å². The van der Waals surface area contributed by atoms with Crippen LogP contribution in [-0.4, -0.2) is 74.6 Å². The molecule has 1 atom stereocenters. The molecule has 0 aliphatic carbocycles. The summed E-state index contributed by atoms with van der Waals surface area (Å²) in [6.07, 6.45) is 0.422. The summed E-state index contributed by atoms with van der Waals surface area (Å²) in [6, 6.07) is 13.5. The van der Waals surface area contributed by atoms with Crippen LogP contribution in [-0.2, 0) is 9.53 Å². The Kier molecular flexibility index (Phi) is 7.56. The SMILES string of the molecule is CC(=O)NC[C@H]1CN(c2ccc(N3CCNN(C(=O)N=Cc4ccccc4)CC3)c(F)c2)C(=O)O1. The second-order valence-electron chi connectivity index (χ2n) is 8.19. The largest absolute Gasteiger partial charge is 0.442 e. The molecule has 0 radical (unpaired) electrons. The van der Waals surface area contributed by atoms with Crippen LogP contribution in [0.4, 0.5) is 25.4 Å². The quantitative estimate of drug-likeness (QED) is 0.633. The first kappa shape index (κ1) is 24.1. The summed E-state index contributed by atoms with van der Waals surface area (Å²) in [6.45, 7) is 3.42. The van der Waals surface area contributed by atoms with Gasteiger partial charge in [-0.3, -0.25) is 14.7 Å². The topological polar surface area (TPSA) is 107 Å². The maximum absolute atomic E-state index is 15.1. The van der Waals surface area contributed by atoms with Gasteiger partial charge in [-0.15, -0.1) is 0 Å². The molecule has 0 unspecified atom stereocenters. The number of urea groups is 1. The molecule has 0 aromatic heterocycles. The van der Waals surface area contributed by atoms with Crippen LogP contribution in [0.1, 0.15) is 12.5 Å². The van der Waals surface area contributed by atoms with Gasteiger partial charge in [0.1, 0.15) is 11.9 Å². The first-order chi connectivity index (χ1) is 16.9. The minimum Gasteiger partial charge on any atom is -0.442 e. The molecule has 2 aromatic carbocycles. The number of rotatable bonds is 5. The average molecular weight is 483 g/mol. The molecule has 10 nitrogen and oxygen atoms in total. The maximum Gasteiger partial charge on any atom is 0.414 e. The van der Waals surface area contributed by atoms with Crippen LogP contribution < -0.4 is 20.5 Å². The normalized spacial score (nSPS) is 18.5. The highest BCUT2D eigenvalue weighted by atomic mass is 19.1. The molecule has 35 heavy (non-hydrogen) atoms. The molecule has 11 heteroatoms. The van der Waals surface area contributed by atoms with Crippen LogP contribution >= 0.6 is 0 Å². The maximum atomic E-state index is 15.1. The summed E-state index contributed by atoms with van der Waals surface area (Å²) in [7, 11) is 0. The summed E-state index contributed by atoms with van der Waals surface area (Å²) in [5, 5.41) is 4.03. The number of aliphatic imine (C=N–C) groups is 1. The van der Waals surface area contributed by atoms with Gasteiger partial charge in [-0.1, -0.05) is 30.3 Å². The third kappa shape index (κ3) is 6.12. The van der Waals surface area contributed by atoms with Crippen LogP contribution in [0.5, 0.6) is 0 Å². The van der Waals surface area contributed by atoms with E-state index in [4.69, 9.17) is 4.74 Å². The molecule has 2 aliphatic heterocycles. The number of hydrogen-bond acceptors (Lipinski definition) is 6. The standard InChI is InChI=1S/C24H27FN6O4/c1-17(32)26-15-20-16-30(24(34)35-20)19-7-8-22(21(25)13-19)29-10-9-28-31(12-11-29)23(33)27-14-18-5-3-2-4-6-18/h2-8,13-14,20,28H,9-12,15-16H2,1H3,(H,26,32)/t20-/m0/s1. The number of cyclic esters (lactones) is 1. The van der Waals surface area contributed by atoms with Gasteiger partial charge in [-0.25, -0.2) is 24.4 Å². The molecule has 4 amide bonds. The first-order valence-corrected chi connectivity index (χ1v) is 11.3. The number of amides is 4. The second-order valence-corrected chi connectivity index (χ2v) is 8.19. The van der Waals surface area contributed by atoms with Crippen molar-refractivity contribution in [3.8, 4) is 0 Å². The third-order valence-corrected chi connectivity index (χ3v) is 5.67. The second kappa shape index (κ2) is 11.0. The Morgan fingerprint density at radius 1 is 1.20 bits per heavy atom. The summed E-state index contributed by atoms with van der Waals surface area (Å²) in [5.41, 5.74) is 4.60. The lowest BCUT2D eigenvalue weighted by Gasteiger charge is -2.24. The lowest BCUT2D eigenvalue weighted by Crippen LogP contribution is -2.42. The molecule has 2 N–H and O–H groups in total. The smallest absolute Gasteiger partial charge is 0.414 e. The van der Waals surface area contributed by atoms with E-state index in [2.05, 4.69) is 15.7 Å². The monoisotopic (exact) mass is 482 g/mol. The number of hydrogen-bond donors (Lipinski definition) is 2. The van der Waals surface area contributed by atoms with E-state index in [0.29, 0.717) is 37.6 Å². The number of benzene rings is 2. The van der Waals surface area contributed by atoms with Crippen LogP contribution in [0.2, 0.25) is 0 Å².